The minimum absolute atomic E-state index is 1.32. The zero-order valence-corrected chi connectivity index (χ0v) is 10.0. The highest BCUT2D eigenvalue weighted by Gasteiger charge is 2.64. The molecule has 0 bridgehead atoms. The van der Waals surface area contributed by atoms with Gasteiger partial charge >= 0.3 is 10.6 Å². The second-order valence-corrected chi connectivity index (χ2v) is 5.48. The van der Waals surface area contributed by atoms with Crippen LogP contribution in [0.1, 0.15) is 5.56 Å². The molecule has 102 valence electrons. The van der Waals surface area contributed by atoms with Crippen molar-refractivity contribution in [3.05, 3.63) is 48.0 Å². The molecule has 0 N–H and O–H groups in total. The first-order valence-electron chi connectivity index (χ1n) is 4.74. The predicted octanol–water partition coefficient (Wildman–Crippen LogP) is 6.32. The Morgan fingerprint density at radius 2 is 1.17 bits per heavy atom. The monoisotopic (exact) mass is 288 g/mol. The molecule has 2 aromatic rings. The highest BCUT2D eigenvalue weighted by Crippen LogP contribution is 2.99. The van der Waals surface area contributed by atoms with Gasteiger partial charge in [-0.15, -0.1) is 0 Å². The second-order valence-electron chi connectivity index (χ2n) is 3.73. The lowest BCUT2D eigenvalue weighted by molar-refractivity contribution is 0.291. The summed E-state index contributed by atoms with van der Waals surface area (Å²) in [5.74, 6) is 0. The molecule has 0 unspecified atom stereocenters. The van der Waals surface area contributed by atoms with Crippen molar-refractivity contribution in [2.45, 2.75) is 6.92 Å². The van der Waals surface area contributed by atoms with E-state index < -0.39 is 10.6 Å². The number of fused-ring (bicyclic) bond motifs is 1. The Morgan fingerprint density at radius 3 is 1.67 bits per heavy atom. The van der Waals surface area contributed by atoms with Gasteiger partial charge in [-0.1, -0.05) is 71.3 Å². The third-order valence-corrected chi connectivity index (χ3v) is 1.90. The number of hydrogen-bond acceptors (Lipinski definition) is 0. The molecule has 0 nitrogen and oxygen atoms in total. The highest BCUT2D eigenvalue weighted by atomic mass is 32.5. The third kappa shape index (κ3) is 7.83. The number of hydrogen-bond donors (Lipinski definition) is 0. The molecular weight excluding hydrogens is 278 g/mol. The maximum Gasteiger partial charge on any atom is 0.431 e. The molecule has 18 heavy (non-hydrogen) atoms. The minimum Gasteiger partial charge on any atom is -0.0719 e. The molecule has 0 aliphatic heterocycles. The van der Waals surface area contributed by atoms with Crippen molar-refractivity contribution in [3.63, 3.8) is 0 Å². The Hall–Kier alpha value is -1.37. The van der Waals surface area contributed by atoms with E-state index in [1.165, 1.54) is 16.3 Å². The lowest BCUT2D eigenvalue weighted by Crippen LogP contribution is -1.92. The number of aryl methyl sites for hydroxylation is 1. The van der Waals surface area contributed by atoms with Crippen LogP contribution in [0.15, 0.2) is 42.5 Å². The Morgan fingerprint density at radius 1 is 0.722 bits per heavy atom. The van der Waals surface area contributed by atoms with Gasteiger partial charge in [-0.3, -0.25) is 0 Å². The van der Waals surface area contributed by atoms with Crippen LogP contribution in [0.25, 0.3) is 10.8 Å². The van der Waals surface area contributed by atoms with E-state index in [9.17, 15) is 23.3 Å². The van der Waals surface area contributed by atoms with Crippen molar-refractivity contribution < 1.29 is 23.3 Å². The quantitative estimate of drug-likeness (QED) is 0.498. The van der Waals surface area contributed by atoms with Crippen molar-refractivity contribution in [1.82, 2.24) is 0 Å². The zero-order chi connectivity index (χ0) is 14.1. The molecule has 0 heterocycles. The van der Waals surface area contributed by atoms with Crippen molar-refractivity contribution in [2.75, 3.05) is 0 Å². The average molecular weight is 288 g/mol. The number of rotatable bonds is 0. The van der Waals surface area contributed by atoms with E-state index in [1.807, 2.05) is 0 Å². The van der Waals surface area contributed by atoms with Gasteiger partial charge in [0, 0.05) is 0 Å². The molecule has 0 saturated carbocycles. The van der Waals surface area contributed by atoms with Crippen molar-refractivity contribution in [2.24, 2.45) is 0 Å². The van der Waals surface area contributed by atoms with Crippen LogP contribution in [0, 0.1) is 6.92 Å². The smallest absolute Gasteiger partial charge is 0.0719 e. The Bertz CT molecular complexity index is 546. The van der Waals surface area contributed by atoms with Crippen LogP contribution in [-0.2, 0) is 0 Å². The van der Waals surface area contributed by atoms with Crippen LogP contribution in [-0.4, -0.2) is 0 Å². The number of benzene rings is 2. The maximum atomic E-state index is 9.85. The van der Waals surface area contributed by atoms with Crippen molar-refractivity contribution >= 4 is 21.4 Å². The Balaban J connectivity index is 0.000000203. The highest BCUT2D eigenvalue weighted by molar-refractivity contribution is 8.41. The average Bonchev–Trinajstić information content (AvgIpc) is 2.12. The largest absolute Gasteiger partial charge is 0.431 e. The van der Waals surface area contributed by atoms with Crippen LogP contribution in [0.5, 0.6) is 0 Å². The predicted molar refractivity (Wildman–Crippen MR) is 62.9 cm³/mol. The normalized spacial score (nSPS) is 15.3. The van der Waals surface area contributed by atoms with Crippen LogP contribution in [0.2, 0.25) is 0 Å². The lowest BCUT2D eigenvalue weighted by Gasteiger charge is -2.28. The van der Waals surface area contributed by atoms with E-state index in [0.29, 0.717) is 0 Å². The first-order chi connectivity index (χ1) is 7.81. The van der Waals surface area contributed by atoms with Crippen LogP contribution in [0.4, 0.5) is 23.3 Å². The minimum atomic E-state index is -10.5. The molecule has 0 aromatic heterocycles. The molecule has 0 amide bonds. The first-order valence-corrected chi connectivity index (χ1v) is 6.59. The fraction of sp³-hybridized carbons (Fsp3) is 0.0909. The maximum absolute atomic E-state index is 10.5. The molecule has 0 radical (unpaired) electrons. The molecular formula is C11H10F6S. The SMILES string of the molecule is Cc1ccc2ccccc2c1.FS(F)(F)(F)(F)F. The third-order valence-electron chi connectivity index (χ3n) is 1.90. The fourth-order valence-corrected chi connectivity index (χ4v) is 1.31. The summed E-state index contributed by atoms with van der Waals surface area (Å²) in [6.07, 6.45) is 0. The molecule has 2 rings (SSSR count). The summed E-state index contributed by atoms with van der Waals surface area (Å²) in [5, 5.41) is 2.64. The summed E-state index contributed by atoms with van der Waals surface area (Å²) in [7, 11) is -10.5. The van der Waals surface area contributed by atoms with E-state index in [-0.39, 0.29) is 0 Å². The van der Waals surface area contributed by atoms with Gasteiger partial charge in [-0.25, -0.2) is 0 Å². The van der Waals surface area contributed by atoms with E-state index in [1.54, 1.807) is 0 Å². The summed E-state index contributed by atoms with van der Waals surface area (Å²) in [4.78, 5) is 0. The van der Waals surface area contributed by atoms with Crippen LogP contribution < -0.4 is 0 Å². The summed E-state index contributed by atoms with van der Waals surface area (Å²) in [6, 6.07) is 14.9. The van der Waals surface area contributed by atoms with Gasteiger partial charge in [0.2, 0.25) is 0 Å². The van der Waals surface area contributed by atoms with Gasteiger partial charge in [-0.05, 0) is 17.7 Å². The molecule has 0 aliphatic carbocycles. The Kier molecular flexibility index (Phi) is 3.11. The lowest BCUT2D eigenvalue weighted by atomic mass is 10.1. The topological polar surface area (TPSA) is 0 Å². The van der Waals surface area contributed by atoms with Gasteiger partial charge < -0.3 is 0 Å². The van der Waals surface area contributed by atoms with Crippen LogP contribution in [0.3, 0.4) is 0 Å². The molecule has 2 aromatic carbocycles. The first kappa shape index (κ1) is 14.7. The standard InChI is InChI=1S/C11H10.F6S/c1-9-6-7-10-4-2-3-5-11(10)8-9;1-7(2,3,4,5)6/h2-8H,1H3;. The van der Waals surface area contributed by atoms with Crippen molar-refractivity contribution in [1.29, 1.82) is 0 Å². The van der Waals surface area contributed by atoms with E-state index in [2.05, 4.69) is 49.4 Å². The molecule has 0 spiro atoms. The fourth-order valence-electron chi connectivity index (χ4n) is 1.31. The summed E-state index contributed by atoms with van der Waals surface area (Å²) in [5.41, 5.74) is 1.32. The van der Waals surface area contributed by atoms with E-state index >= 15 is 0 Å². The second kappa shape index (κ2) is 3.81. The van der Waals surface area contributed by atoms with Gasteiger partial charge in [0.25, 0.3) is 0 Å². The summed E-state index contributed by atoms with van der Waals surface area (Å²) >= 11 is 0. The van der Waals surface area contributed by atoms with Crippen LogP contribution >= 0.6 is 10.6 Å². The summed E-state index contributed by atoms with van der Waals surface area (Å²) in [6.45, 7) is 2.12. The number of halogens is 6. The summed E-state index contributed by atoms with van der Waals surface area (Å²) < 4.78 is 59.1. The van der Waals surface area contributed by atoms with Gasteiger partial charge in [-0.2, -0.15) is 0 Å². The zero-order valence-electron chi connectivity index (χ0n) is 9.22. The van der Waals surface area contributed by atoms with Gasteiger partial charge in [0.15, 0.2) is 0 Å². The molecule has 0 aliphatic rings. The molecule has 7 heteroatoms. The van der Waals surface area contributed by atoms with Crippen molar-refractivity contribution in [3.8, 4) is 0 Å². The Labute approximate surface area is 100 Å². The van der Waals surface area contributed by atoms with E-state index in [4.69, 9.17) is 0 Å². The van der Waals surface area contributed by atoms with Gasteiger partial charge in [0.05, 0.1) is 0 Å². The van der Waals surface area contributed by atoms with Gasteiger partial charge in [0.1, 0.15) is 0 Å². The molecule has 0 atom stereocenters. The molecule has 0 fully saturated rings. The van der Waals surface area contributed by atoms with E-state index in [0.717, 1.165) is 0 Å². The molecule has 0 saturated heterocycles.